The van der Waals surface area contributed by atoms with Gasteiger partial charge < -0.3 is 10.7 Å². The molecule has 0 unspecified atom stereocenters. The van der Waals surface area contributed by atoms with Gasteiger partial charge >= 0.3 is 0 Å². The van der Waals surface area contributed by atoms with Crippen molar-refractivity contribution >= 4 is 21.8 Å². The highest BCUT2D eigenvalue weighted by Gasteiger charge is 2.15. The Morgan fingerprint density at radius 2 is 1.85 bits per heavy atom. The van der Waals surface area contributed by atoms with E-state index >= 15 is 0 Å². The summed E-state index contributed by atoms with van der Waals surface area (Å²) in [6.07, 6.45) is 3.19. The molecule has 26 heavy (non-hydrogen) atoms. The molecule has 0 saturated heterocycles. The van der Waals surface area contributed by atoms with E-state index in [0.29, 0.717) is 0 Å². The van der Waals surface area contributed by atoms with Gasteiger partial charge in [-0.15, -0.1) is 0 Å². The molecule has 0 spiro atoms. The largest absolute Gasteiger partial charge is 0.354 e. The molecular weight excluding hydrogens is 318 g/mol. The van der Waals surface area contributed by atoms with Gasteiger partial charge in [0.15, 0.2) is 0 Å². The molecule has 132 valence electrons. The molecule has 0 atom stereocenters. The zero-order valence-electron chi connectivity index (χ0n) is 15.5. The Morgan fingerprint density at radius 1 is 0.962 bits per heavy atom. The first-order valence-corrected chi connectivity index (χ1v) is 9.35. The lowest BCUT2D eigenvalue weighted by atomic mass is 9.97. The number of aromatic nitrogens is 2. The lowest BCUT2D eigenvalue weighted by molar-refractivity contribution is 0.748. The molecule has 0 aliphatic carbocycles. The summed E-state index contributed by atoms with van der Waals surface area (Å²) in [5.41, 5.74) is 14.2. The summed E-state index contributed by atoms with van der Waals surface area (Å²) < 4.78 is 0. The third-order valence-electron chi connectivity index (χ3n) is 5.08. The first-order valence-electron chi connectivity index (χ1n) is 9.35. The fourth-order valence-corrected chi connectivity index (χ4v) is 3.77. The number of hydrogen-bond donors (Lipinski definition) is 2. The second-order valence-corrected chi connectivity index (χ2v) is 7.10. The number of benzene rings is 2. The maximum Gasteiger partial charge on any atom is 0.0711 e. The monoisotopic (exact) mass is 343 g/mol. The number of pyridine rings is 1. The number of nitrogens with zero attached hydrogens (tertiary/aromatic N) is 1. The number of rotatable bonds is 5. The van der Waals surface area contributed by atoms with E-state index in [4.69, 9.17) is 10.7 Å². The second-order valence-electron chi connectivity index (χ2n) is 7.10. The Morgan fingerprint density at radius 3 is 2.69 bits per heavy atom. The maximum atomic E-state index is 5.73. The molecule has 3 nitrogen and oxygen atoms in total. The molecule has 0 saturated carbocycles. The van der Waals surface area contributed by atoms with Gasteiger partial charge in [0, 0.05) is 27.5 Å². The fourth-order valence-electron chi connectivity index (χ4n) is 3.77. The summed E-state index contributed by atoms with van der Waals surface area (Å²) in [6, 6.07) is 17.3. The highest BCUT2D eigenvalue weighted by molar-refractivity contribution is 5.99. The second kappa shape index (κ2) is 6.93. The van der Waals surface area contributed by atoms with Crippen LogP contribution in [-0.2, 0) is 6.42 Å². The van der Waals surface area contributed by atoms with Gasteiger partial charge in [-0.2, -0.15) is 0 Å². The van der Waals surface area contributed by atoms with Crippen molar-refractivity contribution in [2.75, 3.05) is 6.54 Å². The van der Waals surface area contributed by atoms with Gasteiger partial charge in [-0.25, -0.2) is 0 Å². The quantitative estimate of drug-likeness (QED) is 0.484. The van der Waals surface area contributed by atoms with Crippen molar-refractivity contribution in [3.63, 3.8) is 0 Å². The minimum Gasteiger partial charge on any atom is -0.354 e. The van der Waals surface area contributed by atoms with Crippen LogP contribution < -0.4 is 5.73 Å². The minimum atomic E-state index is 0.744. The number of fused-ring (bicyclic) bond motifs is 2. The number of aromatic amines is 1. The molecule has 0 amide bonds. The van der Waals surface area contributed by atoms with Gasteiger partial charge in [-0.3, -0.25) is 4.98 Å². The molecule has 0 aliphatic heterocycles. The Labute approximate surface area is 154 Å². The lowest BCUT2D eigenvalue weighted by Crippen LogP contribution is -1.99. The highest BCUT2D eigenvalue weighted by atomic mass is 14.7. The summed E-state index contributed by atoms with van der Waals surface area (Å²) in [4.78, 5) is 8.39. The van der Waals surface area contributed by atoms with Gasteiger partial charge in [0.05, 0.1) is 11.2 Å². The van der Waals surface area contributed by atoms with Crippen molar-refractivity contribution < 1.29 is 0 Å². The van der Waals surface area contributed by atoms with Crippen LogP contribution in [0.25, 0.3) is 33.1 Å². The normalized spacial score (nSPS) is 11.5. The van der Waals surface area contributed by atoms with Crippen LogP contribution in [0.5, 0.6) is 0 Å². The van der Waals surface area contributed by atoms with E-state index in [0.717, 1.165) is 37.0 Å². The highest BCUT2D eigenvalue weighted by Crippen LogP contribution is 2.35. The summed E-state index contributed by atoms with van der Waals surface area (Å²) >= 11 is 0. The molecule has 2 aromatic heterocycles. The molecule has 0 aliphatic rings. The maximum absolute atomic E-state index is 5.73. The predicted molar refractivity (Wildman–Crippen MR) is 111 cm³/mol. The molecule has 2 heterocycles. The van der Waals surface area contributed by atoms with Crippen molar-refractivity contribution in [1.82, 2.24) is 9.97 Å². The van der Waals surface area contributed by atoms with E-state index < -0.39 is 0 Å². The van der Waals surface area contributed by atoms with Crippen LogP contribution in [0.4, 0.5) is 0 Å². The number of nitrogens with two attached hydrogens (primary N) is 1. The molecule has 3 heteroatoms. The number of hydrogen-bond acceptors (Lipinski definition) is 2. The Balaban J connectivity index is 1.94. The van der Waals surface area contributed by atoms with E-state index in [1.165, 1.54) is 38.7 Å². The first-order chi connectivity index (χ1) is 12.7. The third kappa shape index (κ3) is 2.99. The topological polar surface area (TPSA) is 54.7 Å². The number of unbranched alkanes of at least 4 members (excludes halogenated alkanes) is 1. The molecule has 0 radical (unpaired) electrons. The van der Waals surface area contributed by atoms with Crippen LogP contribution in [-0.4, -0.2) is 16.5 Å². The average molecular weight is 343 g/mol. The lowest BCUT2D eigenvalue weighted by Gasteiger charge is -2.09. The predicted octanol–water partition coefficient (Wildman–Crippen LogP) is 5.28. The molecule has 2 aromatic carbocycles. The third-order valence-corrected chi connectivity index (χ3v) is 5.08. The van der Waals surface area contributed by atoms with Gasteiger partial charge in [-0.1, -0.05) is 29.8 Å². The van der Waals surface area contributed by atoms with E-state index in [1.807, 2.05) is 6.92 Å². The summed E-state index contributed by atoms with van der Waals surface area (Å²) in [7, 11) is 0. The summed E-state index contributed by atoms with van der Waals surface area (Å²) in [5, 5.41) is 2.52. The molecule has 0 fully saturated rings. The van der Waals surface area contributed by atoms with Gasteiger partial charge in [0.1, 0.15) is 0 Å². The van der Waals surface area contributed by atoms with Crippen molar-refractivity contribution in [2.24, 2.45) is 5.73 Å². The van der Waals surface area contributed by atoms with Crippen molar-refractivity contribution in [2.45, 2.75) is 33.1 Å². The van der Waals surface area contributed by atoms with Crippen LogP contribution in [0.3, 0.4) is 0 Å². The van der Waals surface area contributed by atoms with Crippen LogP contribution in [0.1, 0.15) is 29.7 Å². The Hall–Kier alpha value is -2.65. The molecule has 4 rings (SSSR count). The number of nitrogens with one attached hydrogen (secondary N) is 1. The molecule has 0 bridgehead atoms. The summed E-state index contributed by atoms with van der Waals surface area (Å²) in [6.45, 7) is 4.94. The van der Waals surface area contributed by atoms with Crippen molar-refractivity contribution in [1.29, 1.82) is 0 Å². The summed E-state index contributed by atoms with van der Waals surface area (Å²) in [5.74, 6) is 0. The standard InChI is InChI=1S/C23H25N3/c1-15-9-12-22-20(14-15)19(6-3-4-13-24)23(26-22)18-7-5-8-21-17(18)11-10-16(2)25-21/h5,7-12,14,26H,3-4,6,13,24H2,1-2H3. The number of H-pyrrole nitrogens is 1. The van der Waals surface area contributed by atoms with Crippen molar-refractivity contribution in [3.05, 3.63) is 65.4 Å². The molecular formula is C23H25N3. The minimum absolute atomic E-state index is 0.744. The van der Waals surface area contributed by atoms with Crippen LogP contribution in [0, 0.1) is 13.8 Å². The fraction of sp³-hybridized carbons (Fsp3) is 0.261. The van der Waals surface area contributed by atoms with Gasteiger partial charge in [-0.05, 0) is 69.5 Å². The average Bonchev–Trinajstić information content (AvgIpc) is 2.99. The smallest absolute Gasteiger partial charge is 0.0711 e. The van der Waals surface area contributed by atoms with Gasteiger partial charge in [0.2, 0.25) is 0 Å². The number of aryl methyl sites for hydroxylation is 3. The van der Waals surface area contributed by atoms with Crippen LogP contribution in [0.15, 0.2) is 48.5 Å². The van der Waals surface area contributed by atoms with Crippen molar-refractivity contribution in [3.8, 4) is 11.3 Å². The van der Waals surface area contributed by atoms with E-state index in [2.05, 4.69) is 60.4 Å². The van der Waals surface area contributed by atoms with Crippen LogP contribution >= 0.6 is 0 Å². The zero-order valence-corrected chi connectivity index (χ0v) is 15.5. The zero-order chi connectivity index (χ0) is 18.1. The Kier molecular flexibility index (Phi) is 4.48. The van der Waals surface area contributed by atoms with E-state index in [9.17, 15) is 0 Å². The van der Waals surface area contributed by atoms with E-state index in [1.54, 1.807) is 0 Å². The van der Waals surface area contributed by atoms with Gasteiger partial charge in [0.25, 0.3) is 0 Å². The van der Waals surface area contributed by atoms with Crippen LogP contribution in [0.2, 0.25) is 0 Å². The molecule has 3 N–H and O–H groups in total. The SMILES string of the molecule is Cc1ccc2[nH]c(-c3cccc4nc(C)ccc34)c(CCCCN)c2c1. The van der Waals surface area contributed by atoms with E-state index in [-0.39, 0.29) is 0 Å². The Bertz CT molecular complexity index is 1080. The first kappa shape index (κ1) is 16.8. The molecule has 4 aromatic rings.